The fourth-order valence-electron chi connectivity index (χ4n) is 3.37. The Labute approximate surface area is 178 Å². The van der Waals surface area contributed by atoms with Crippen LogP contribution in [0.3, 0.4) is 0 Å². The zero-order valence-electron chi connectivity index (χ0n) is 17.1. The number of aliphatic hydroxyl groups excluding tert-OH is 3. The molecule has 1 saturated heterocycles. The van der Waals surface area contributed by atoms with Crippen LogP contribution in [-0.2, 0) is 14.2 Å². The van der Waals surface area contributed by atoms with Crippen LogP contribution in [0.4, 0.5) is 0 Å². The Balaban J connectivity index is 1.90. The van der Waals surface area contributed by atoms with Gasteiger partial charge in [-0.15, -0.1) is 0 Å². The zero-order valence-corrected chi connectivity index (χ0v) is 17.1. The van der Waals surface area contributed by atoms with Crippen molar-refractivity contribution >= 4 is 11.9 Å². The first-order valence-corrected chi connectivity index (χ1v) is 9.58. The number of hydrogen-bond donors (Lipinski definition) is 3. The van der Waals surface area contributed by atoms with E-state index in [0.29, 0.717) is 11.3 Å². The quantitative estimate of drug-likeness (QED) is 0.582. The number of rotatable bonds is 6. The molecule has 0 bridgehead atoms. The van der Waals surface area contributed by atoms with Crippen LogP contribution in [-0.4, -0.2) is 66.4 Å². The van der Waals surface area contributed by atoms with Crippen molar-refractivity contribution in [2.45, 2.75) is 30.8 Å². The molecule has 166 valence electrons. The maximum Gasteiger partial charge on any atom is 0.338 e. The molecule has 1 aliphatic rings. The van der Waals surface area contributed by atoms with Crippen LogP contribution in [0.5, 0.6) is 11.5 Å². The van der Waals surface area contributed by atoms with Gasteiger partial charge in [0.2, 0.25) is 0 Å². The molecule has 9 nitrogen and oxygen atoms in total. The van der Waals surface area contributed by atoms with E-state index in [-0.39, 0.29) is 29.9 Å². The van der Waals surface area contributed by atoms with Gasteiger partial charge in [-0.2, -0.15) is 0 Å². The molecule has 1 heterocycles. The normalized spacial score (nSPS) is 23.1. The van der Waals surface area contributed by atoms with E-state index in [2.05, 4.69) is 0 Å². The zero-order chi connectivity index (χ0) is 22.5. The minimum absolute atomic E-state index is 0.108. The highest BCUT2D eigenvalue weighted by molar-refractivity contribution is 5.96. The van der Waals surface area contributed by atoms with Gasteiger partial charge in [0.15, 0.2) is 0 Å². The Morgan fingerprint density at radius 3 is 2.23 bits per heavy atom. The molecule has 0 aliphatic carbocycles. The highest BCUT2D eigenvalue weighted by Gasteiger charge is 2.37. The molecule has 2 aromatic rings. The maximum atomic E-state index is 11.9. The predicted molar refractivity (Wildman–Crippen MR) is 107 cm³/mol. The lowest BCUT2D eigenvalue weighted by Crippen LogP contribution is -2.44. The van der Waals surface area contributed by atoms with E-state index in [9.17, 15) is 24.9 Å². The molecule has 0 aromatic heterocycles. The first kappa shape index (κ1) is 22.7. The predicted octanol–water partition coefficient (Wildman–Crippen LogP) is 1.60. The molecule has 2 aromatic carbocycles. The number of aliphatic hydroxyl groups is 3. The van der Waals surface area contributed by atoms with Crippen LogP contribution in [0.15, 0.2) is 42.5 Å². The number of benzene rings is 2. The summed E-state index contributed by atoms with van der Waals surface area (Å²) in [6, 6.07) is 10.8. The topological polar surface area (TPSA) is 132 Å². The molecular formula is C22H24O9. The summed E-state index contributed by atoms with van der Waals surface area (Å²) in [6.07, 6.45) is -3.56. The van der Waals surface area contributed by atoms with Crippen molar-refractivity contribution in [1.29, 1.82) is 0 Å². The molecule has 0 unspecified atom stereocenters. The summed E-state index contributed by atoms with van der Waals surface area (Å²) in [6.45, 7) is -0.285. The second-order valence-electron chi connectivity index (χ2n) is 7.06. The average molecular weight is 432 g/mol. The van der Waals surface area contributed by atoms with E-state index >= 15 is 0 Å². The molecule has 0 amide bonds. The van der Waals surface area contributed by atoms with E-state index in [1.165, 1.54) is 32.4 Å². The van der Waals surface area contributed by atoms with Gasteiger partial charge in [-0.3, -0.25) is 0 Å². The van der Waals surface area contributed by atoms with Crippen LogP contribution >= 0.6 is 0 Å². The fraction of sp³-hybridized carbons (Fsp3) is 0.364. The molecule has 4 atom stereocenters. The van der Waals surface area contributed by atoms with Crippen LogP contribution in [0.25, 0.3) is 0 Å². The molecule has 1 fully saturated rings. The van der Waals surface area contributed by atoms with Crippen molar-refractivity contribution in [2.24, 2.45) is 0 Å². The maximum absolute atomic E-state index is 11.9. The van der Waals surface area contributed by atoms with Crippen LogP contribution in [0.2, 0.25) is 0 Å². The van der Waals surface area contributed by atoms with Gasteiger partial charge in [-0.25, -0.2) is 9.59 Å². The summed E-state index contributed by atoms with van der Waals surface area (Å²) < 4.78 is 21.0. The summed E-state index contributed by atoms with van der Waals surface area (Å²) in [7, 11) is 2.45. The van der Waals surface area contributed by atoms with E-state index in [0.717, 1.165) is 0 Å². The van der Waals surface area contributed by atoms with Gasteiger partial charge in [0.25, 0.3) is 0 Å². The third-order valence-electron chi connectivity index (χ3n) is 4.92. The van der Waals surface area contributed by atoms with Crippen molar-refractivity contribution in [2.75, 3.05) is 20.8 Å². The van der Waals surface area contributed by atoms with Crippen molar-refractivity contribution in [3.63, 3.8) is 0 Å². The van der Waals surface area contributed by atoms with E-state index in [4.69, 9.17) is 18.9 Å². The van der Waals surface area contributed by atoms with Crippen molar-refractivity contribution in [3.8, 4) is 11.5 Å². The lowest BCUT2D eigenvalue weighted by molar-refractivity contribution is -0.179. The molecule has 0 radical (unpaired) electrons. The average Bonchev–Trinajstić information content (AvgIpc) is 2.79. The van der Waals surface area contributed by atoms with E-state index in [1.807, 2.05) is 0 Å². The minimum atomic E-state index is -1.17. The van der Waals surface area contributed by atoms with Crippen LogP contribution in [0, 0.1) is 0 Å². The Bertz CT molecular complexity index is 908. The monoisotopic (exact) mass is 432 g/mol. The highest BCUT2D eigenvalue weighted by atomic mass is 16.5. The largest absolute Gasteiger partial charge is 0.465 e. The molecule has 0 saturated carbocycles. The van der Waals surface area contributed by atoms with Gasteiger partial charge >= 0.3 is 11.9 Å². The molecular weight excluding hydrogens is 408 g/mol. The van der Waals surface area contributed by atoms with Crippen molar-refractivity contribution in [3.05, 3.63) is 59.2 Å². The molecule has 1 aliphatic heterocycles. The number of hydrogen-bond acceptors (Lipinski definition) is 9. The third kappa shape index (κ3) is 5.20. The SMILES string of the molecule is COC(=O)c1cc(Oc2cccc([C@H]3O[C@H](CO)C[C@H](O)[C@@H]3O)c2)cc(C(=O)OC)c1. The standard InChI is InChI=1S/C22H24O9/c1-28-21(26)13-6-14(22(27)29-2)9-16(8-13)30-15-5-3-4-12(7-15)20-19(25)18(24)10-17(11-23)31-20/h3-9,17-20,23-25H,10-11H2,1-2H3/t17-,18-,19-,20+/m0/s1. The van der Waals surface area contributed by atoms with Gasteiger partial charge < -0.3 is 34.3 Å². The third-order valence-corrected chi connectivity index (χ3v) is 4.92. The number of carbonyl (C=O) groups excluding carboxylic acids is 2. The summed E-state index contributed by atoms with van der Waals surface area (Å²) in [5.74, 6) is -0.759. The van der Waals surface area contributed by atoms with Crippen LogP contribution < -0.4 is 4.74 Å². The Kier molecular flexibility index (Phi) is 7.24. The Hall–Kier alpha value is -2.98. The van der Waals surface area contributed by atoms with E-state index < -0.39 is 36.4 Å². The molecule has 3 rings (SSSR count). The first-order chi connectivity index (χ1) is 14.9. The Morgan fingerprint density at radius 2 is 1.65 bits per heavy atom. The number of esters is 2. The Morgan fingerprint density at radius 1 is 1.00 bits per heavy atom. The van der Waals surface area contributed by atoms with Gasteiger partial charge in [0, 0.05) is 6.42 Å². The fourth-order valence-corrected chi connectivity index (χ4v) is 3.37. The molecule has 31 heavy (non-hydrogen) atoms. The minimum Gasteiger partial charge on any atom is -0.465 e. The van der Waals surface area contributed by atoms with E-state index in [1.54, 1.807) is 24.3 Å². The van der Waals surface area contributed by atoms with Crippen molar-refractivity contribution in [1.82, 2.24) is 0 Å². The second-order valence-corrected chi connectivity index (χ2v) is 7.06. The lowest BCUT2D eigenvalue weighted by Gasteiger charge is -2.36. The summed E-state index contributed by atoms with van der Waals surface area (Å²) in [5, 5.41) is 29.8. The summed E-state index contributed by atoms with van der Waals surface area (Å²) >= 11 is 0. The van der Waals surface area contributed by atoms with Gasteiger partial charge in [0.05, 0.1) is 44.2 Å². The van der Waals surface area contributed by atoms with Crippen LogP contribution in [0.1, 0.15) is 38.8 Å². The number of methoxy groups -OCH3 is 2. The van der Waals surface area contributed by atoms with Gasteiger partial charge in [0.1, 0.15) is 23.7 Å². The molecule has 0 spiro atoms. The second kappa shape index (κ2) is 9.88. The summed E-state index contributed by atoms with van der Waals surface area (Å²) in [5.41, 5.74) is 0.743. The van der Waals surface area contributed by atoms with Gasteiger partial charge in [-0.05, 0) is 35.9 Å². The van der Waals surface area contributed by atoms with Crippen molar-refractivity contribution < 1.29 is 43.9 Å². The number of ether oxygens (including phenoxy) is 4. The summed E-state index contributed by atoms with van der Waals surface area (Å²) in [4.78, 5) is 23.9. The lowest BCUT2D eigenvalue weighted by atomic mass is 9.93. The molecule has 3 N–H and O–H groups in total. The van der Waals surface area contributed by atoms with Gasteiger partial charge in [-0.1, -0.05) is 12.1 Å². The molecule has 9 heteroatoms. The highest BCUT2D eigenvalue weighted by Crippen LogP contribution is 2.34. The first-order valence-electron chi connectivity index (χ1n) is 9.58. The smallest absolute Gasteiger partial charge is 0.338 e. The number of carbonyl (C=O) groups is 2.